The molecule has 2 saturated heterocycles. The zero-order valence-corrected chi connectivity index (χ0v) is 43.0. The summed E-state index contributed by atoms with van der Waals surface area (Å²) in [5, 5.41) is 19.6. The van der Waals surface area contributed by atoms with E-state index in [1.54, 1.807) is 6.20 Å². The second-order valence-corrected chi connectivity index (χ2v) is 20.2. The number of rotatable bonds is 11. The molecule has 0 saturated carbocycles. The molecule has 0 radical (unpaired) electrons. The number of H-pyrrole nitrogens is 1. The van der Waals surface area contributed by atoms with Crippen LogP contribution in [-0.4, -0.2) is 123 Å². The van der Waals surface area contributed by atoms with E-state index in [0.717, 1.165) is 38.4 Å². The Morgan fingerprint density at radius 2 is 1.45 bits per heavy atom. The third-order valence-corrected chi connectivity index (χ3v) is 14.7. The summed E-state index contributed by atoms with van der Waals surface area (Å²) in [5.74, 6) is -5.78. The molecule has 4 heterocycles. The van der Waals surface area contributed by atoms with E-state index in [2.05, 4.69) is 36.9 Å². The minimum absolute atomic E-state index is 0.00124. The first-order chi connectivity index (χ1) is 36.7. The van der Waals surface area contributed by atoms with Gasteiger partial charge in [0.2, 0.25) is 53.2 Å². The zero-order chi connectivity index (χ0) is 53.9. The summed E-state index contributed by atoms with van der Waals surface area (Å²) in [4.78, 5) is 134. The van der Waals surface area contributed by atoms with Crippen LogP contribution in [0.15, 0.2) is 97.2 Å². The van der Waals surface area contributed by atoms with E-state index in [9.17, 15) is 28.8 Å². The van der Waals surface area contributed by atoms with Crippen LogP contribution in [0.5, 0.6) is 0 Å². The van der Waals surface area contributed by atoms with Crippen molar-refractivity contribution in [3.05, 3.63) is 119 Å². The largest absolute Gasteiger partial charge is 0.368 e. The fourth-order valence-corrected chi connectivity index (χ4v) is 10.7. The predicted molar refractivity (Wildman–Crippen MR) is 284 cm³/mol. The van der Waals surface area contributed by atoms with Crippen LogP contribution < -0.4 is 37.6 Å². The number of hydrogen-bond donors (Lipinski definition) is 8. The minimum Gasteiger partial charge on any atom is -0.368 e. The monoisotopic (exact) mass is 1040 g/mol. The summed E-state index contributed by atoms with van der Waals surface area (Å²) in [6.07, 6.45) is 4.25. The van der Waals surface area contributed by atoms with Crippen molar-refractivity contribution in [2.45, 2.75) is 140 Å². The molecule has 5 aromatic rings. The number of nitrogens with two attached hydrogens (primary N) is 1. The Morgan fingerprint density at radius 1 is 0.724 bits per heavy atom. The molecule has 0 spiro atoms. The van der Waals surface area contributed by atoms with Gasteiger partial charge in [0.1, 0.15) is 42.3 Å². The molecule has 1 aromatic heterocycles. The molecule has 3 aliphatic rings. The molecular weight excluding hydrogens is 969 g/mol. The number of aromatic nitrogens is 1. The Hall–Kier alpha value is -8.09. The van der Waals surface area contributed by atoms with E-state index in [-0.39, 0.29) is 58.2 Å². The topological polar surface area (TPSA) is 274 Å². The van der Waals surface area contributed by atoms with Gasteiger partial charge < -0.3 is 52.4 Å². The van der Waals surface area contributed by atoms with Gasteiger partial charge in [0.15, 0.2) is 0 Å². The molecule has 8 rings (SSSR count). The number of nitrogens with one attached hydrogen (secondary N) is 7. The Bertz CT molecular complexity index is 2990. The highest BCUT2D eigenvalue weighted by Gasteiger charge is 2.43. The van der Waals surface area contributed by atoms with E-state index in [1.807, 2.05) is 97.9 Å². The van der Waals surface area contributed by atoms with E-state index in [4.69, 9.17) is 5.73 Å². The average Bonchev–Trinajstić information content (AvgIpc) is 4.09. The predicted octanol–water partition coefficient (Wildman–Crippen LogP) is 2.86. The van der Waals surface area contributed by atoms with Gasteiger partial charge in [0.05, 0.1) is 6.42 Å². The summed E-state index contributed by atoms with van der Waals surface area (Å²) in [6.45, 7) is 3.39. The second-order valence-electron chi connectivity index (χ2n) is 20.2. The van der Waals surface area contributed by atoms with Crippen LogP contribution in [-0.2, 0) is 69.0 Å². The first-order valence-electron chi connectivity index (χ1n) is 26.4. The summed E-state index contributed by atoms with van der Waals surface area (Å²) in [6, 6.07) is 19.8. The average molecular weight is 1040 g/mol. The van der Waals surface area contributed by atoms with Crippen LogP contribution in [0.1, 0.15) is 93.9 Å². The normalized spacial score (nSPS) is 22.8. The molecular formula is C57H68N10O9. The summed E-state index contributed by atoms with van der Waals surface area (Å²) in [5.41, 5.74) is 9.62. The fourth-order valence-electron chi connectivity index (χ4n) is 10.7. The number of carbonyl (C=O) groups is 9. The number of unbranched alkanes of at least 4 members (excludes halogenated alkanes) is 1. The maximum Gasteiger partial charge on any atom is 0.246 e. The van der Waals surface area contributed by atoms with Crippen molar-refractivity contribution in [3.63, 3.8) is 0 Å². The molecule has 400 valence electrons. The maximum absolute atomic E-state index is 15.3. The molecule has 0 bridgehead atoms. The van der Waals surface area contributed by atoms with Gasteiger partial charge in [0.25, 0.3) is 0 Å². The molecule has 0 aliphatic carbocycles. The zero-order valence-electron chi connectivity index (χ0n) is 43.0. The Morgan fingerprint density at radius 3 is 2.22 bits per heavy atom. The van der Waals surface area contributed by atoms with Crippen LogP contribution in [0.4, 0.5) is 0 Å². The van der Waals surface area contributed by atoms with Crippen LogP contribution in [0.3, 0.4) is 0 Å². The number of amides is 9. The molecule has 0 unspecified atom stereocenters. The Balaban J connectivity index is 1.17. The van der Waals surface area contributed by atoms with Crippen molar-refractivity contribution in [2.24, 2.45) is 5.73 Å². The lowest BCUT2D eigenvalue weighted by Crippen LogP contribution is -2.62. The van der Waals surface area contributed by atoms with E-state index in [0.29, 0.717) is 37.7 Å². The molecule has 9 N–H and O–H groups in total. The van der Waals surface area contributed by atoms with Gasteiger partial charge in [-0.05, 0) is 77.6 Å². The van der Waals surface area contributed by atoms with Crippen LogP contribution >= 0.6 is 0 Å². The summed E-state index contributed by atoms with van der Waals surface area (Å²) < 4.78 is 0. The van der Waals surface area contributed by atoms with E-state index < -0.39 is 102 Å². The number of benzene rings is 4. The fraction of sp³-hybridized carbons (Fsp3) is 0.421. The number of aromatic amines is 1. The van der Waals surface area contributed by atoms with Gasteiger partial charge in [-0.3, -0.25) is 43.2 Å². The molecule has 19 nitrogen and oxygen atoms in total. The minimum atomic E-state index is -1.50. The van der Waals surface area contributed by atoms with Crippen molar-refractivity contribution in [3.8, 4) is 0 Å². The van der Waals surface area contributed by atoms with E-state index >= 15 is 14.4 Å². The van der Waals surface area contributed by atoms with Crippen LogP contribution in [0.25, 0.3) is 21.7 Å². The lowest BCUT2D eigenvalue weighted by Gasteiger charge is -2.39. The number of para-hydroxylation sites is 1. The van der Waals surface area contributed by atoms with Crippen molar-refractivity contribution in [1.82, 2.24) is 46.7 Å². The maximum atomic E-state index is 15.3. The van der Waals surface area contributed by atoms with Gasteiger partial charge in [-0.15, -0.1) is 0 Å². The molecule has 76 heavy (non-hydrogen) atoms. The lowest BCUT2D eigenvalue weighted by atomic mass is 9.92. The van der Waals surface area contributed by atoms with Gasteiger partial charge in [-0.25, -0.2) is 0 Å². The molecule has 2 fully saturated rings. The van der Waals surface area contributed by atoms with Crippen LogP contribution in [0, 0.1) is 0 Å². The second kappa shape index (κ2) is 25.0. The van der Waals surface area contributed by atoms with Gasteiger partial charge in [0, 0.05) is 62.9 Å². The third kappa shape index (κ3) is 13.2. The lowest BCUT2D eigenvalue weighted by molar-refractivity contribution is -0.147. The first-order valence-corrected chi connectivity index (χ1v) is 26.4. The highest BCUT2D eigenvalue weighted by Crippen LogP contribution is 2.27. The van der Waals surface area contributed by atoms with Crippen molar-refractivity contribution < 1.29 is 43.2 Å². The highest BCUT2D eigenvalue weighted by atomic mass is 16.2. The van der Waals surface area contributed by atoms with E-state index in [1.165, 1.54) is 16.7 Å². The summed E-state index contributed by atoms with van der Waals surface area (Å²) >= 11 is 0. The Kier molecular flexibility index (Phi) is 17.8. The molecule has 4 aromatic carbocycles. The number of primary amides is 1. The summed E-state index contributed by atoms with van der Waals surface area (Å²) in [7, 11) is 0. The first kappa shape index (κ1) is 54.2. The van der Waals surface area contributed by atoms with Gasteiger partial charge >= 0.3 is 0 Å². The number of fused-ring (bicyclic) bond motifs is 5. The quantitative estimate of drug-likeness (QED) is 0.0965. The Labute approximate surface area is 441 Å². The smallest absolute Gasteiger partial charge is 0.246 e. The highest BCUT2D eigenvalue weighted by molar-refractivity contribution is 5.99. The number of carbonyl (C=O) groups excluding carboxylic acids is 9. The van der Waals surface area contributed by atoms with Crippen molar-refractivity contribution >= 4 is 74.8 Å². The molecule has 9 amide bonds. The SMILES string of the molecule is CCCC[C@H](NC(C)=O)C(=O)N[C@H]1CC(=O)NCCCC[C@@H](C(N)=O)NC(=O)[C@H](Cc2c[nH]c3ccccc23)NC(=O)[C@@H]2CCCN2C(=O)[C@@H](Cc2ccc3ccccc3c2)NC(=O)[C@H]2Cc3ccccc3CN2C1=O. The van der Waals surface area contributed by atoms with Crippen molar-refractivity contribution in [2.75, 3.05) is 13.1 Å². The molecule has 19 heteroatoms. The van der Waals surface area contributed by atoms with Crippen LogP contribution in [0.2, 0.25) is 0 Å². The number of nitrogens with zero attached hydrogens (tertiary/aromatic N) is 2. The van der Waals surface area contributed by atoms with Gasteiger partial charge in [-0.1, -0.05) is 105 Å². The standard InChI is InChI=1S/C57H68N10O9/c1-3-4-19-44(61-34(2)68)52(71)64-47-31-50(69)59-25-12-11-21-43(51(58)70)62-53(72)45(29-40-32-60-42-20-10-9-18-41(40)42)63-54(73)48-22-13-26-66(48)56(75)46(28-35-23-24-36-14-5-6-15-37(36)27-35)65-55(74)49-30-38-16-7-8-17-39(38)33-67(49)57(47)76/h5-10,14-18,20,23-24,27,32,43-49,60H,3-4,11-13,19,21-22,25-26,28-31,33H2,1-2H3,(H2,58,70)(H,59,69)(H,61,68)(H,62,72)(H,63,73)(H,64,71)(H,65,74)/t43-,44-,45-,46+,47-,48-,49+/m0/s1. The molecule has 3 aliphatic heterocycles. The van der Waals surface area contributed by atoms with Gasteiger partial charge in [-0.2, -0.15) is 0 Å². The third-order valence-electron chi connectivity index (χ3n) is 14.7. The number of hydrogen-bond acceptors (Lipinski definition) is 9. The van der Waals surface area contributed by atoms with Crippen molar-refractivity contribution in [1.29, 1.82) is 0 Å². The molecule has 7 atom stereocenters.